The Morgan fingerprint density at radius 2 is 1.67 bits per heavy atom. The van der Waals surface area contributed by atoms with E-state index in [9.17, 15) is 29.6 Å². The van der Waals surface area contributed by atoms with Gasteiger partial charge in [-0.05, 0) is 40.6 Å². The van der Waals surface area contributed by atoms with E-state index in [-0.39, 0.29) is 28.3 Å². The van der Waals surface area contributed by atoms with Crippen LogP contribution in [-0.2, 0) is 0 Å². The minimum absolute atomic E-state index is 0.145. The predicted octanol–water partition coefficient (Wildman–Crippen LogP) is 3.29. The molecule has 0 saturated carbocycles. The summed E-state index contributed by atoms with van der Waals surface area (Å²) in [7, 11) is 0. The summed E-state index contributed by atoms with van der Waals surface area (Å²) >= 11 is 0. The molecule has 2 aliphatic carbocycles. The van der Waals surface area contributed by atoms with Crippen LogP contribution >= 0.6 is 0 Å². The number of hydrogen-bond acceptors (Lipinski definition) is 8. The highest BCUT2D eigenvalue weighted by molar-refractivity contribution is 6.21. The number of nitrogens with zero attached hydrogens (tertiary/aromatic N) is 2. The van der Waals surface area contributed by atoms with Gasteiger partial charge in [-0.1, -0.05) is 6.92 Å². The number of aliphatic hydroxyl groups is 1. The Balaban J connectivity index is 2.34. The molecule has 24 heavy (non-hydrogen) atoms. The molecule has 1 aromatic carbocycles. The lowest BCUT2D eigenvalue weighted by molar-refractivity contribution is 0.0744. The molecule has 0 heterocycles. The number of carbonyl (C=O) groups excluding carboxylic acids is 2. The molecule has 1 aromatic rings. The van der Waals surface area contributed by atoms with Gasteiger partial charge in [0.15, 0.2) is 11.6 Å². The fourth-order valence-electron chi connectivity index (χ4n) is 3.30. The molecule has 122 valence electrons. The van der Waals surface area contributed by atoms with E-state index >= 15 is 0 Å². The fourth-order valence-corrected chi connectivity index (χ4v) is 3.30. The zero-order valence-electron chi connectivity index (χ0n) is 12.5. The predicted molar refractivity (Wildman–Crippen MR) is 83.0 cm³/mol. The van der Waals surface area contributed by atoms with Crippen molar-refractivity contribution < 1.29 is 19.8 Å². The fraction of sp³-hybridized carbons (Fsp3) is 0.250. The van der Waals surface area contributed by atoms with E-state index in [1.54, 1.807) is 6.92 Å². The van der Waals surface area contributed by atoms with Crippen molar-refractivity contribution in [3.05, 3.63) is 56.2 Å². The topological polar surface area (TPSA) is 133 Å². The standard InChI is InChI=1S/C16H12N2O6/c1-2-6-5-9(20)12-13(14(6)18-24)16(22)11-8(19)4-3-7(17-23)10(11)15(12)21/h3-5,12-13,19-20H,2H2,1H3. The molecule has 0 bridgehead atoms. The largest absolute Gasteiger partial charge is 0.511 e. The van der Waals surface area contributed by atoms with Gasteiger partial charge in [0, 0.05) is 0 Å². The number of aromatic hydroxyl groups is 1. The lowest BCUT2D eigenvalue weighted by atomic mass is 9.68. The van der Waals surface area contributed by atoms with Crippen LogP contribution in [0.5, 0.6) is 5.75 Å². The third kappa shape index (κ3) is 1.92. The molecule has 0 spiro atoms. The molecule has 2 unspecified atom stereocenters. The molecule has 3 rings (SSSR count). The van der Waals surface area contributed by atoms with Gasteiger partial charge < -0.3 is 10.2 Å². The van der Waals surface area contributed by atoms with Crippen molar-refractivity contribution in [3.8, 4) is 5.75 Å². The molecule has 0 aromatic heterocycles. The second kappa shape index (κ2) is 5.48. The van der Waals surface area contributed by atoms with Crippen molar-refractivity contribution in [1.82, 2.24) is 0 Å². The van der Waals surface area contributed by atoms with Gasteiger partial charge in [0.25, 0.3) is 0 Å². The number of ketones is 2. The number of fused-ring (bicyclic) bond motifs is 2. The molecule has 0 saturated heterocycles. The summed E-state index contributed by atoms with van der Waals surface area (Å²) in [6.07, 6.45) is 1.56. The maximum absolute atomic E-state index is 12.8. The van der Waals surface area contributed by atoms with Gasteiger partial charge >= 0.3 is 0 Å². The maximum atomic E-state index is 12.8. The number of phenolic OH excluding ortho intramolecular Hbond substituents is 1. The van der Waals surface area contributed by atoms with Gasteiger partial charge in [0.05, 0.1) is 23.0 Å². The van der Waals surface area contributed by atoms with Crippen molar-refractivity contribution in [2.45, 2.75) is 13.3 Å². The van der Waals surface area contributed by atoms with Gasteiger partial charge in [0.2, 0.25) is 0 Å². The van der Waals surface area contributed by atoms with Crippen LogP contribution in [0.25, 0.3) is 0 Å². The number of phenols is 1. The number of nitroso groups, excluding NO2 is 2. The van der Waals surface area contributed by atoms with E-state index in [4.69, 9.17) is 0 Å². The average Bonchev–Trinajstić information content (AvgIpc) is 2.58. The monoisotopic (exact) mass is 328 g/mol. The molecule has 0 amide bonds. The maximum Gasteiger partial charge on any atom is 0.177 e. The van der Waals surface area contributed by atoms with Crippen molar-refractivity contribution >= 4 is 17.3 Å². The van der Waals surface area contributed by atoms with Crippen LogP contribution in [0.3, 0.4) is 0 Å². The third-order valence-corrected chi connectivity index (χ3v) is 4.39. The van der Waals surface area contributed by atoms with Crippen molar-refractivity contribution in [2.24, 2.45) is 22.2 Å². The number of aliphatic hydroxyl groups excluding tert-OH is 1. The van der Waals surface area contributed by atoms with Crippen molar-refractivity contribution in [2.75, 3.05) is 0 Å². The number of benzene rings is 1. The number of allylic oxidation sites excluding steroid dienone is 4. The number of carbonyl (C=O) groups is 2. The number of hydrogen-bond donors (Lipinski definition) is 2. The summed E-state index contributed by atoms with van der Waals surface area (Å²) in [4.78, 5) is 47.8. The Bertz CT molecular complexity index is 868. The van der Waals surface area contributed by atoms with E-state index in [1.165, 1.54) is 6.08 Å². The molecule has 8 heteroatoms. The Labute approximate surface area is 135 Å². The molecule has 8 nitrogen and oxygen atoms in total. The van der Waals surface area contributed by atoms with Gasteiger partial charge in [-0.3, -0.25) is 9.59 Å². The van der Waals surface area contributed by atoms with E-state index in [0.29, 0.717) is 12.0 Å². The van der Waals surface area contributed by atoms with E-state index in [2.05, 4.69) is 10.4 Å². The van der Waals surface area contributed by atoms with E-state index in [0.717, 1.165) is 12.1 Å². The summed E-state index contributed by atoms with van der Waals surface area (Å²) in [5.74, 6) is -5.06. The normalized spacial score (nSPS) is 22.6. The molecule has 0 aliphatic heterocycles. The molecule has 0 radical (unpaired) electrons. The lowest BCUT2D eigenvalue weighted by Gasteiger charge is -2.33. The number of Topliss-reactive ketones (excluding diaryl/α,β-unsaturated/α-hetero) is 2. The van der Waals surface area contributed by atoms with E-state index < -0.39 is 29.2 Å². The highest BCUT2D eigenvalue weighted by Gasteiger charge is 2.50. The van der Waals surface area contributed by atoms with Crippen LogP contribution in [-0.4, -0.2) is 21.8 Å². The Morgan fingerprint density at radius 3 is 2.25 bits per heavy atom. The van der Waals surface area contributed by atoms with Gasteiger partial charge in [-0.25, -0.2) is 0 Å². The third-order valence-electron chi connectivity index (χ3n) is 4.39. The van der Waals surface area contributed by atoms with Crippen molar-refractivity contribution in [3.63, 3.8) is 0 Å². The average molecular weight is 328 g/mol. The molecule has 2 aliphatic rings. The summed E-state index contributed by atoms with van der Waals surface area (Å²) in [5, 5.41) is 25.8. The Kier molecular flexibility index (Phi) is 3.59. The second-order valence-corrected chi connectivity index (χ2v) is 5.55. The summed E-state index contributed by atoms with van der Waals surface area (Å²) in [5.41, 5.74) is -0.824. The highest BCUT2D eigenvalue weighted by atomic mass is 16.3. The summed E-state index contributed by atoms with van der Waals surface area (Å²) in [6.45, 7) is 1.71. The Hall–Kier alpha value is -3.16. The van der Waals surface area contributed by atoms with Crippen LogP contribution in [0, 0.1) is 21.6 Å². The molecular weight excluding hydrogens is 316 g/mol. The first kappa shape index (κ1) is 15.7. The van der Waals surface area contributed by atoms with Gasteiger partial charge in [0.1, 0.15) is 22.9 Å². The summed E-state index contributed by atoms with van der Waals surface area (Å²) < 4.78 is 0. The minimum Gasteiger partial charge on any atom is -0.511 e. The van der Waals surface area contributed by atoms with Gasteiger partial charge in [-0.2, -0.15) is 0 Å². The summed E-state index contributed by atoms with van der Waals surface area (Å²) in [6, 6.07) is 2.19. The van der Waals surface area contributed by atoms with Crippen LogP contribution in [0.15, 0.2) is 45.6 Å². The Morgan fingerprint density at radius 1 is 1.00 bits per heavy atom. The quantitative estimate of drug-likeness (QED) is 0.818. The van der Waals surface area contributed by atoms with Crippen LogP contribution in [0.1, 0.15) is 34.1 Å². The number of rotatable bonds is 3. The molecule has 2 atom stereocenters. The zero-order valence-corrected chi connectivity index (χ0v) is 12.5. The highest BCUT2D eigenvalue weighted by Crippen LogP contribution is 2.47. The first-order valence-electron chi connectivity index (χ1n) is 7.20. The van der Waals surface area contributed by atoms with Crippen molar-refractivity contribution in [1.29, 1.82) is 0 Å². The lowest BCUT2D eigenvalue weighted by Crippen LogP contribution is -2.40. The molecular formula is C16H12N2O6. The smallest absolute Gasteiger partial charge is 0.177 e. The molecule has 0 fully saturated rings. The first-order valence-corrected chi connectivity index (χ1v) is 7.20. The zero-order chi connectivity index (χ0) is 17.6. The minimum atomic E-state index is -1.35. The van der Waals surface area contributed by atoms with Gasteiger partial charge in [-0.15, -0.1) is 9.81 Å². The SMILES string of the molecule is CCC1=C(N=O)C2C(=O)c3c(O)ccc(N=O)c3C(=O)C2C(O)=C1. The van der Waals surface area contributed by atoms with Crippen LogP contribution < -0.4 is 0 Å². The van der Waals surface area contributed by atoms with Crippen LogP contribution in [0.2, 0.25) is 0 Å². The van der Waals surface area contributed by atoms with Crippen LogP contribution in [0.4, 0.5) is 5.69 Å². The molecule has 2 N–H and O–H groups in total. The van der Waals surface area contributed by atoms with E-state index in [1.807, 2.05) is 0 Å². The first-order chi connectivity index (χ1) is 11.5. The second-order valence-electron chi connectivity index (χ2n) is 5.55.